The van der Waals surface area contributed by atoms with E-state index in [1.54, 1.807) is 18.9 Å². The molecule has 0 aliphatic carbocycles. The number of piperidine rings is 1. The van der Waals surface area contributed by atoms with Crippen LogP contribution in [-0.4, -0.2) is 55.7 Å². The van der Waals surface area contributed by atoms with Gasteiger partial charge < -0.3 is 15.0 Å². The maximum Gasteiger partial charge on any atom is 0.255 e. The molecule has 0 bridgehead atoms. The van der Waals surface area contributed by atoms with Crippen LogP contribution in [0.2, 0.25) is 10.0 Å². The summed E-state index contributed by atoms with van der Waals surface area (Å²) < 4.78 is 5.86. The number of ether oxygens (including phenoxy) is 1. The van der Waals surface area contributed by atoms with E-state index in [-0.39, 0.29) is 24.5 Å². The van der Waals surface area contributed by atoms with E-state index in [9.17, 15) is 9.59 Å². The molecule has 3 heterocycles. The predicted molar refractivity (Wildman–Crippen MR) is 127 cm³/mol. The van der Waals surface area contributed by atoms with E-state index in [1.165, 1.54) is 0 Å². The molecule has 3 aliphatic heterocycles. The van der Waals surface area contributed by atoms with Gasteiger partial charge in [-0.2, -0.15) is 0 Å². The summed E-state index contributed by atoms with van der Waals surface area (Å²) in [6, 6.07) is 1.87. The third-order valence-corrected chi connectivity index (χ3v) is 7.57. The fourth-order valence-corrected chi connectivity index (χ4v) is 5.77. The van der Waals surface area contributed by atoms with Crippen molar-refractivity contribution in [1.82, 2.24) is 10.2 Å². The zero-order valence-corrected chi connectivity index (χ0v) is 20.2. The molecule has 8 heteroatoms. The van der Waals surface area contributed by atoms with Gasteiger partial charge in [0.05, 0.1) is 22.6 Å². The Morgan fingerprint density at radius 3 is 2.62 bits per heavy atom. The first-order valence-electron chi connectivity index (χ1n) is 11.1. The second kappa shape index (κ2) is 9.64. The summed E-state index contributed by atoms with van der Waals surface area (Å²) in [4.78, 5) is 31.8. The number of aliphatic imine (C=N–C) groups is 1. The topological polar surface area (TPSA) is 71.0 Å². The van der Waals surface area contributed by atoms with Crippen molar-refractivity contribution in [2.75, 3.05) is 33.3 Å². The highest BCUT2D eigenvalue weighted by Crippen LogP contribution is 2.42. The van der Waals surface area contributed by atoms with Crippen molar-refractivity contribution in [3.8, 4) is 0 Å². The molecule has 1 aromatic carbocycles. The summed E-state index contributed by atoms with van der Waals surface area (Å²) in [5, 5.41) is 4.33. The normalized spacial score (nSPS) is 23.0. The number of nitrogens with zero attached hydrogens (tertiary/aromatic N) is 2. The van der Waals surface area contributed by atoms with Crippen molar-refractivity contribution in [2.45, 2.75) is 39.2 Å². The predicted octanol–water partition coefficient (Wildman–Crippen LogP) is 4.24. The van der Waals surface area contributed by atoms with Crippen LogP contribution >= 0.6 is 23.2 Å². The highest BCUT2D eigenvalue weighted by Gasteiger charge is 2.36. The number of nitrogens with one attached hydrogen (secondary N) is 1. The van der Waals surface area contributed by atoms with E-state index in [2.05, 4.69) is 10.3 Å². The Kier molecular flexibility index (Phi) is 7.06. The summed E-state index contributed by atoms with van der Waals surface area (Å²) >= 11 is 13.5. The maximum atomic E-state index is 13.5. The minimum Gasteiger partial charge on any atom is -0.376 e. The average molecular weight is 478 g/mol. The van der Waals surface area contributed by atoms with Gasteiger partial charge in [-0.1, -0.05) is 28.8 Å². The lowest BCUT2D eigenvalue weighted by Gasteiger charge is -2.35. The first kappa shape index (κ1) is 23.4. The van der Waals surface area contributed by atoms with Crippen LogP contribution in [-0.2, 0) is 16.0 Å². The van der Waals surface area contributed by atoms with Gasteiger partial charge >= 0.3 is 0 Å². The van der Waals surface area contributed by atoms with Gasteiger partial charge in [-0.3, -0.25) is 9.59 Å². The number of methoxy groups -OCH3 is 1. The number of dihydropyridines is 1. The Morgan fingerprint density at radius 1 is 1.25 bits per heavy atom. The Labute approximate surface area is 199 Å². The number of allylic oxidation sites excluding steroid dienone is 1. The van der Waals surface area contributed by atoms with Crippen LogP contribution in [0.3, 0.4) is 0 Å². The molecule has 1 saturated heterocycles. The van der Waals surface area contributed by atoms with Gasteiger partial charge in [0.2, 0.25) is 0 Å². The van der Waals surface area contributed by atoms with Crippen molar-refractivity contribution in [3.63, 3.8) is 0 Å². The number of fused-ring (bicyclic) bond motifs is 1. The molecule has 1 aromatic rings. The van der Waals surface area contributed by atoms with Crippen LogP contribution in [0, 0.1) is 11.8 Å². The van der Waals surface area contributed by atoms with E-state index in [0.717, 1.165) is 42.6 Å². The van der Waals surface area contributed by atoms with E-state index < -0.39 is 5.92 Å². The molecule has 2 unspecified atom stereocenters. The Morgan fingerprint density at radius 2 is 1.97 bits per heavy atom. The lowest BCUT2D eigenvalue weighted by atomic mass is 9.85. The van der Waals surface area contributed by atoms with Gasteiger partial charge in [0, 0.05) is 36.5 Å². The van der Waals surface area contributed by atoms with Crippen molar-refractivity contribution in [1.29, 1.82) is 0 Å². The van der Waals surface area contributed by atoms with E-state index in [4.69, 9.17) is 27.9 Å². The minimum atomic E-state index is -0.428. The molecule has 6 nitrogen and oxygen atoms in total. The lowest BCUT2D eigenvalue weighted by Crippen LogP contribution is -2.43. The number of benzene rings is 1. The molecule has 4 rings (SSSR count). The molecule has 0 saturated carbocycles. The lowest BCUT2D eigenvalue weighted by molar-refractivity contribution is -0.120. The van der Waals surface area contributed by atoms with Gasteiger partial charge in [0.25, 0.3) is 11.8 Å². The summed E-state index contributed by atoms with van der Waals surface area (Å²) in [7, 11) is 1.68. The fraction of sp³-hybridized carbons (Fsp3) is 0.542. The van der Waals surface area contributed by atoms with Crippen molar-refractivity contribution in [2.24, 2.45) is 16.8 Å². The molecule has 1 fully saturated rings. The summed E-state index contributed by atoms with van der Waals surface area (Å²) in [5.41, 5.74) is 3.61. The summed E-state index contributed by atoms with van der Waals surface area (Å²) in [6.07, 6.45) is 4.21. The van der Waals surface area contributed by atoms with Crippen molar-refractivity contribution in [3.05, 3.63) is 44.5 Å². The number of carbonyl (C=O) groups is 2. The van der Waals surface area contributed by atoms with Crippen LogP contribution in [0.25, 0.3) is 0 Å². The highest BCUT2D eigenvalue weighted by molar-refractivity contribution is 6.37. The van der Waals surface area contributed by atoms with Gasteiger partial charge in [-0.25, -0.2) is 4.99 Å². The van der Waals surface area contributed by atoms with Crippen LogP contribution in [0.4, 0.5) is 0 Å². The van der Waals surface area contributed by atoms with E-state index >= 15 is 0 Å². The summed E-state index contributed by atoms with van der Waals surface area (Å²) in [5.74, 6) is -0.518. The number of rotatable bonds is 5. The molecule has 0 radical (unpaired) electrons. The third-order valence-electron chi connectivity index (χ3n) is 6.82. The van der Waals surface area contributed by atoms with Crippen LogP contribution < -0.4 is 5.32 Å². The number of halogens is 2. The van der Waals surface area contributed by atoms with Crippen LogP contribution in [0.1, 0.15) is 54.3 Å². The molecule has 2 amide bonds. The van der Waals surface area contributed by atoms with Crippen molar-refractivity contribution < 1.29 is 14.3 Å². The largest absolute Gasteiger partial charge is 0.376 e. The van der Waals surface area contributed by atoms with Crippen LogP contribution in [0.15, 0.2) is 22.7 Å². The SMILES string of the molecule is COC(c1cc(Cl)c2c(c1Cl)C(=O)N(CC1C(=O)N=C(C)C=C1C)CC2)C1CCNCC1. The molecule has 1 N–H and O–H groups in total. The number of amides is 2. The molecular formula is C24H29Cl2N3O3. The molecule has 0 aromatic heterocycles. The second-order valence-corrected chi connectivity index (χ2v) is 9.68. The molecule has 0 spiro atoms. The number of hydrogen-bond donors (Lipinski definition) is 1. The zero-order valence-electron chi connectivity index (χ0n) is 18.7. The quantitative estimate of drug-likeness (QED) is 0.687. The Balaban J connectivity index is 1.65. The first-order chi connectivity index (χ1) is 15.3. The second-order valence-electron chi connectivity index (χ2n) is 8.89. The monoisotopic (exact) mass is 477 g/mol. The Hall–Kier alpha value is -1.73. The molecule has 2 atom stereocenters. The smallest absolute Gasteiger partial charge is 0.255 e. The molecule has 172 valence electrons. The zero-order chi connectivity index (χ0) is 23.0. The van der Waals surface area contributed by atoms with Gasteiger partial charge in [-0.05, 0) is 69.8 Å². The highest BCUT2D eigenvalue weighted by atomic mass is 35.5. The van der Waals surface area contributed by atoms with E-state index in [1.807, 2.05) is 19.1 Å². The summed E-state index contributed by atoms with van der Waals surface area (Å²) in [6.45, 7) is 6.35. The average Bonchev–Trinajstić information content (AvgIpc) is 2.76. The molecular weight excluding hydrogens is 449 g/mol. The number of hydrogen-bond acceptors (Lipinski definition) is 4. The molecule has 3 aliphatic rings. The van der Waals surface area contributed by atoms with Crippen molar-refractivity contribution >= 4 is 40.7 Å². The van der Waals surface area contributed by atoms with Gasteiger partial charge in [0.1, 0.15) is 0 Å². The fourth-order valence-electron chi connectivity index (χ4n) is 5.11. The maximum absolute atomic E-state index is 13.5. The van der Waals surface area contributed by atoms with Crippen LogP contribution in [0.5, 0.6) is 0 Å². The number of carbonyl (C=O) groups excluding carboxylic acids is 2. The Bertz CT molecular complexity index is 999. The van der Waals surface area contributed by atoms with E-state index in [0.29, 0.717) is 40.2 Å². The third kappa shape index (κ3) is 4.38. The van der Waals surface area contributed by atoms with Gasteiger partial charge in [-0.15, -0.1) is 0 Å². The minimum absolute atomic E-state index is 0.188. The first-order valence-corrected chi connectivity index (χ1v) is 11.9. The molecule has 32 heavy (non-hydrogen) atoms. The standard InChI is InChI=1S/C24H29Cl2N3O3/c1-13-10-14(2)28-23(30)18(13)12-29-9-6-16-19(25)11-17(21(26)20(16)24(29)31)22(32-3)15-4-7-27-8-5-15/h10-11,15,18,22,27H,4-9,12H2,1-3H3. The van der Waals surface area contributed by atoms with Gasteiger partial charge in [0.15, 0.2) is 0 Å².